The number of hydrogen-bond donors (Lipinski definition) is 0. The summed E-state index contributed by atoms with van der Waals surface area (Å²) >= 11 is 0. The Balaban J connectivity index is 0. The number of fused-ring (bicyclic) bond motifs is 1. The molecule has 0 radical (unpaired) electrons. The van der Waals surface area contributed by atoms with Gasteiger partial charge in [-0.3, -0.25) is 0 Å². The number of hydrogen-bond acceptors (Lipinski definition) is 2. The van der Waals surface area contributed by atoms with Gasteiger partial charge in [-0.25, -0.2) is 9.97 Å². The van der Waals surface area contributed by atoms with Crippen molar-refractivity contribution in [2.75, 3.05) is 0 Å². The minimum absolute atomic E-state index is 0.980. The van der Waals surface area contributed by atoms with Crippen molar-refractivity contribution in [2.24, 2.45) is 0 Å². The average Bonchev–Trinajstić information content (AvgIpc) is 2.47. The van der Waals surface area contributed by atoms with Gasteiger partial charge in [0.2, 0.25) is 0 Å². The minimum Gasteiger partial charge on any atom is -0.250 e. The molecule has 2 aromatic rings. The van der Waals surface area contributed by atoms with Gasteiger partial charge in [0, 0.05) is 0 Å². The van der Waals surface area contributed by atoms with Crippen LogP contribution in [0.2, 0.25) is 0 Å². The zero-order chi connectivity index (χ0) is 15.4. The Morgan fingerprint density at radius 1 is 0.632 bits per heavy atom. The molecule has 0 fully saturated rings. The lowest BCUT2D eigenvalue weighted by atomic mass is 10.2. The average molecular weight is 262 g/mol. The van der Waals surface area contributed by atoms with E-state index in [-0.39, 0.29) is 0 Å². The van der Waals surface area contributed by atoms with E-state index in [1.165, 1.54) is 5.56 Å². The second-order valence-corrected chi connectivity index (χ2v) is 3.39. The van der Waals surface area contributed by atoms with Crippen LogP contribution in [-0.4, -0.2) is 9.97 Å². The maximum atomic E-state index is 4.47. The van der Waals surface area contributed by atoms with Crippen molar-refractivity contribution < 1.29 is 0 Å². The maximum absolute atomic E-state index is 4.47. The van der Waals surface area contributed by atoms with Crippen LogP contribution in [-0.2, 0) is 0 Å². The number of rotatable bonds is 0. The van der Waals surface area contributed by atoms with Gasteiger partial charge in [0.1, 0.15) is 0 Å². The summed E-state index contributed by atoms with van der Waals surface area (Å²) in [5, 5.41) is 0. The van der Waals surface area contributed by atoms with Crippen molar-refractivity contribution >= 4 is 11.0 Å². The molecule has 1 aromatic carbocycles. The lowest BCUT2D eigenvalue weighted by molar-refractivity contribution is 1.10. The highest BCUT2D eigenvalue weighted by atomic mass is 14.8. The van der Waals surface area contributed by atoms with Crippen molar-refractivity contribution in [3.8, 4) is 0 Å². The summed E-state index contributed by atoms with van der Waals surface area (Å²) in [5.74, 6) is 0. The summed E-state index contributed by atoms with van der Waals surface area (Å²) < 4.78 is 0. The Kier molecular flexibility index (Phi) is 12.2. The first kappa shape index (κ1) is 19.9. The van der Waals surface area contributed by atoms with E-state index in [2.05, 4.69) is 29.0 Å². The fourth-order valence-electron chi connectivity index (χ4n) is 1.34. The molecule has 0 saturated carbocycles. The summed E-state index contributed by atoms with van der Waals surface area (Å²) in [4.78, 5) is 8.93. The zero-order valence-corrected chi connectivity index (χ0v) is 14.1. The van der Waals surface area contributed by atoms with Crippen LogP contribution in [0.15, 0.2) is 18.2 Å². The molecule has 0 unspecified atom stereocenters. The van der Waals surface area contributed by atoms with E-state index in [9.17, 15) is 0 Å². The van der Waals surface area contributed by atoms with Crippen molar-refractivity contribution in [1.29, 1.82) is 0 Å². The fourth-order valence-corrected chi connectivity index (χ4v) is 1.34. The summed E-state index contributed by atoms with van der Waals surface area (Å²) in [6, 6.07) is 6.14. The van der Waals surface area contributed by atoms with Crippen LogP contribution >= 0.6 is 0 Å². The molecule has 0 atom stereocenters. The standard InChI is InChI=1S/C11H12N2.3C2H6/c1-7-4-5-10-11(6-7)13-9(3)8(2)12-10;3*1-2/h4-6H,1-3H3;3*1-2H3. The Labute approximate surface area is 119 Å². The second kappa shape index (κ2) is 11.6. The molecule has 2 nitrogen and oxygen atoms in total. The Morgan fingerprint density at radius 3 is 1.53 bits per heavy atom. The third-order valence-corrected chi connectivity index (χ3v) is 2.23. The monoisotopic (exact) mass is 262 g/mol. The highest BCUT2D eigenvalue weighted by Gasteiger charge is 2.00. The lowest BCUT2D eigenvalue weighted by Gasteiger charge is -2.02. The molecule has 0 N–H and O–H groups in total. The molecule has 2 heteroatoms. The molecule has 1 heterocycles. The van der Waals surface area contributed by atoms with Gasteiger partial charge in [0.05, 0.1) is 22.4 Å². The molecule has 0 amide bonds. The van der Waals surface area contributed by atoms with Gasteiger partial charge in [0.25, 0.3) is 0 Å². The summed E-state index contributed by atoms with van der Waals surface area (Å²) in [6.45, 7) is 18.0. The first-order chi connectivity index (χ1) is 9.16. The number of nitrogens with zero attached hydrogens (tertiary/aromatic N) is 2. The van der Waals surface area contributed by atoms with Gasteiger partial charge >= 0.3 is 0 Å². The largest absolute Gasteiger partial charge is 0.250 e. The molecule has 0 saturated heterocycles. The molecule has 0 bridgehead atoms. The van der Waals surface area contributed by atoms with E-state index in [1.54, 1.807) is 0 Å². The molecule has 0 aliphatic rings. The van der Waals surface area contributed by atoms with Gasteiger partial charge in [-0.15, -0.1) is 0 Å². The number of aromatic nitrogens is 2. The van der Waals surface area contributed by atoms with Crippen molar-refractivity contribution in [2.45, 2.75) is 62.3 Å². The van der Waals surface area contributed by atoms with Gasteiger partial charge < -0.3 is 0 Å². The van der Waals surface area contributed by atoms with E-state index < -0.39 is 0 Å². The number of aryl methyl sites for hydroxylation is 3. The van der Waals surface area contributed by atoms with Crippen LogP contribution in [0.5, 0.6) is 0 Å². The first-order valence-electron chi connectivity index (χ1n) is 7.38. The van der Waals surface area contributed by atoms with Gasteiger partial charge in [-0.2, -0.15) is 0 Å². The van der Waals surface area contributed by atoms with Gasteiger partial charge in [-0.05, 0) is 38.5 Å². The highest BCUT2D eigenvalue weighted by molar-refractivity contribution is 5.75. The zero-order valence-electron chi connectivity index (χ0n) is 14.1. The van der Waals surface area contributed by atoms with Crippen LogP contribution in [0.3, 0.4) is 0 Å². The molecule has 0 aliphatic carbocycles. The van der Waals surface area contributed by atoms with Crippen molar-refractivity contribution in [3.05, 3.63) is 35.2 Å². The Morgan fingerprint density at radius 2 is 1.05 bits per heavy atom. The van der Waals surface area contributed by atoms with Gasteiger partial charge in [-0.1, -0.05) is 47.6 Å². The van der Waals surface area contributed by atoms with Crippen molar-refractivity contribution in [3.63, 3.8) is 0 Å². The summed E-state index contributed by atoms with van der Waals surface area (Å²) in [7, 11) is 0. The predicted molar refractivity (Wildman–Crippen MR) is 87.8 cm³/mol. The minimum atomic E-state index is 0.980. The van der Waals surface area contributed by atoms with E-state index in [1.807, 2.05) is 61.5 Å². The maximum Gasteiger partial charge on any atom is 0.0892 e. The van der Waals surface area contributed by atoms with E-state index in [0.717, 1.165) is 22.4 Å². The Hall–Kier alpha value is -1.44. The van der Waals surface area contributed by atoms with Crippen LogP contribution < -0.4 is 0 Å². The predicted octanol–water partition coefficient (Wildman–Crippen LogP) is 5.63. The first-order valence-corrected chi connectivity index (χ1v) is 7.38. The quantitative estimate of drug-likeness (QED) is 0.614. The van der Waals surface area contributed by atoms with Crippen molar-refractivity contribution in [1.82, 2.24) is 9.97 Å². The van der Waals surface area contributed by atoms with E-state index in [4.69, 9.17) is 0 Å². The second-order valence-electron chi connectivity index (χ2n) is 3.39. The highest BCUT2D eigenvalue weighted by Crippen LogP contribution is 2.13. The smallest absolute Gasteiger partial charge is 0.0892 e. The third kappa shape index (κ3) is 6.32. The normalized spacial score (nSPS) is 8.26. The summed E-state index contributed by atoms with van der Waals surface area (Å²) in [5.41, 5.74) is 5.22. The fraction of sp³-hybridized carbons (Fsp3) is 0.529. The van der Waals surface area contributed by atoms with E-state index in [0.29, 0.717) is 0 Å². The van der Waals surface area contributed by atoms with E-state index >= 15 is 0 Å². The molecule has 1 aromatic heterocycles. The number of benzene rings is 1. The lowest BCUT2D eigenvalue weighted by Crippen LogP contribution is -1.93. The Bertz CT molecular complexity index is 462. The molecule has 2 rings (SSSR count). The molecule has 0 aliphatic heterocycles. The molecule has 0 spiro atoms. The summed E-state index contributed by atoms with van der Waals surface area (Å²) in [6.07, 6.45) is 0. The van der Waals surface area contributed by atoms with Crippen LogP contribution in [0.4, 0.5) is 0 Å². The van der Waals surface area contributed by atoms with Crippen LogP contribution in [0, 0.1) is 20.8 Å². The molecular formula is C17H30N2. The molecule has 108 valence electrons. The molecule has 19 heavy (non-hydrogen) atoms. The third-order valence-electron chi connectivity index (χ3n) is 2.23. The van der Waals surface area contributed by atoms with Gasteiger partial charge in [0.15, 0.2) is 0 Å². The van der Waals surface area contributed by atoms with Crippen LogP contribution in [0.25, 0.3) is 11.0 Å². The van der Waals surface area contributed by atoms with Crippen LogP contribution in [0.1, 0.15) is 58.5 Å². The topological polar surface area (TPSA) is 25.8 Å². The molecular weight excluding hydrogens is 232 g/mol. The SMILES string of the molecule is CC.CC.CC.Cc1ccc2nc(C)c(C)nc2c1.